The molecule has 1 heterocycles. The quantitative estimate of drug-likeness (QED) is 0.0830. The summed E-state index contributed by atoms with van der Waals surface area (Å²) in [6, 6.07) is 2.75. The van der Waals surface area contributed by atoms with Crippen molar-refractivity contribution in [2.24, 2.45) is 0 Å². The predicted molar refractivity (Wildman–Crippen MR) is 192 cm³/mol. The number of nitrogens with one attached hydrogen (secondary N) is 2. The highest BCUT2D eigenvalue weighted by atomic mass is 16.5. The summed E-state index contributed by atoms with van der Waals surface area (Å²) in [5.74, 6) is -1.37. The van der Waals surface area contributed by atoms with Gasteiger partial charge in [0.1, 0.15) is 5.78 Å². The molecule has 7 rings (SSSR count). The molecule has 0 bridgehead atoms. The first kappa shape index (κ1) is 32.1. The lowest BCUT2D eigenvalue weighted by Crippen LogP contribution is -2.48. The highest BCUT2D eigenvalue weighted by Gasteiger charge is 2.40. The molecule has 5 N–H and O–H groups in total. The molecule has 9 heteroatoms. The lowest BCUT2D eigenvalue weighted by Gasteiger charge is -2.42. The van der Waals surface area contributed by atoms with E-state index in [4.69, 9.17) is 4.74 Å². The third kappa shape index (κ3) is 4.26. The van der Waals surface area contributed by atoms with Crippen LogP contribution in [0, 0.1) is 0 Å². The van der Waals surface area contributed by atoms with Crippen LogP contribution in [0.5, 0.6) is 11.5 Å². The predicted octanol–water partition coefficient (Wildman–Crippen LogP) is 6.64. The molecule has 0 amide bonds. The molecule has 1 aliphatic heterocycles. The average molecular weight is 651 g/mol. The Bertz CT molecular complexity index is 2300. The molecule has 0 saturated heterocycles. The SMILES string of the molecule is CCCCC1(CCCC)CNc2c(c3c(=O)cc(CO)c4c5c(CO)cc(=O)c6c(O)c(OC)c7c(c(c2C=C(C)C7C(C)=O)c34)c65)N1. The number of aromatic hydroxyl groups is 1. The monoisotopic (exact) mass is 650 g/mol. The van der Waals surface area contributed by atoms with Crippen molar-refractivity contribution < 1.29 is 24.9 Å². The third-order valence-electron chi connectivity index (χ3n) is 10.8. The van der Waals surface area contributed by atoms with Crippen LogP contribution in [-0.2, 0) is 18.0 Å². The fourth-order valence-electron chi connectivity index (χ4n) is 8.78. The molecule has 0 aromatic heterocycles. The largest absolute Gasteiger partial charge is 0.504 e. The van der Waals surface area contributed by atoms with Crippen molar-refractivity contribution in [2.45, 2.75) is 90.9 Å². The van der Waals surface area contributed by atoms with Crippen LogP contribution in [0.15, 0.2) is 27.3 Å². The molecule has 2 aliphatic rings. The maximum Gasteiger partial charge on any atom is 0.190 e. The zero-order chi connectivity index (χ0) is 34.2. The smallest absolute Gasteiger partial charge is 0.190 e. The number of phenolic OH excluding ortho intramolecular Hbond substituents is 1. The molecule has 5 aromatic carbocycles. The molecule has 0 spiro atoms. The highest BCUT2D eigenvalue weighted by Crippen LogP contribution is 2.57. The number of Topliss-reactive ketones (excluding diaryl/α,β-unsaturated/α-hetero) is 1. The Morgan fingerprint density at radius 1 is 0.875 bits per heavy atom. The summed E-state index contributed by atoms with van der Waals surface area (Å²) in [6.07, 6.45) is 7.88. The van der Waals surface area contributed by atoms with Crippen molar-refractivity contribution in [1.82, 2.24) is 0 Å². The van der Waals surface area contributed by atoms with Gasteiger partial charge in [-0.05, 0) is 66.1 Å². The van der Waals surface area contributed by atoms with Gasteiger partial charge < -0.3 is 30.7 Å². The topological polar surface area (TPSA) is 145 Å². The maximum absolute atomic E-state index is 14.4. The van der Waals surface area contributed by atoms with Gasteiger partial charge in [-0.25, -0.2) is 0 Å². The average Bonchev–Trinajstić information content (AvgIpc) is 3.20. The summed E-state index contributed by atoms with van der Waals surface area (Å²) < 4.78 is 5.83. The lowest BCUT2D eigenvalue weighted by atomic mass is 9.78. The Labute approximate surface area is 277 Å². The second-order valence-corrected chi connectivity index (χ2v) is 13.7. The van der Waals surface area contributed by atoms with E-state index in [0.29, 0.717) is 72.2 Å². The number of carbonyl (C=O) groups is 1. The van der Waals surface area contributed by atoms with E-state index in [9.17, 15) is 29.7 Å². The Balaban J connectivity index is 1.83. The van der Waals surface area contributed by atoms with Crippen LogP contribution in [0.1, 0.15) is 94.4 Å². The van der Waals surface area contributed by atoms with Crippen LogP contribution >= 0.6 is 0 Å². The number of benzene rings is 5. The van der Waals surface area contributed by atoms with Crippen molar-refractivity contribution in [3.63, 3.8) is 0 Å². The van der Waals surface area contributed by atoms with E-state index in [1.807, 2.05) is 13.0 Å². The van der Waals surface area contributed by atoms with E-state index in [2.05, 4.69) is 24.5 Å². The number of aliphatic hydroxyl groups excluding tert-OH is 2. The number of allylic oxidation sites excluding steroid dienone is 1. The molecule has 1 unspecified atom stereocenters. The molecule has 48 heavy (non-hydrogen) atoms. The third-order valence-corrected chi connectivity index (χ3v) is 10.8. The number of anilines is 2. The molecule has 250 valence electrons. The van der Waals surface area contributed by atoms with E-state index < -0.39 is 24.6 Å². The van der Waals surface area contributed by atoms with Gasteiger partial charge in [0, 0.05) is 33.8 Å². The summed E-state index contributed by atoms with van der Waals surface area (Å²) >= 11 is 0. The van der Waals surface area contributed by atoms with Crippen molar-refractivity contribution in [3.05, 3.63) is 60.4 Å². The van der Waals surface area contributed by atoms with Crippen LogP contribution in [0.25, 0.3) is 49.2 Å². The number of ether oxygens (including phenoxy) is 1. The number of rotatable bonds is 10. The van der Waals surface area contributed by atoms with E-state index in [1.165, 1.54) is 26.2 Å². The van der Waals surface area contributed by atoms with E-state index in [1.54, 1.807) is 0 Å². The molecule has 9 nitrogen and oxygen atoms in total. The van der Waals surface area contributed by atoms with Gasteiger partial charge in [-0.1, -0.05) is 51.2 Å². The number of carbonyl (C=O) groups excluding carboxylic acids is 1. The van der Waals surface area contributed by atoms with Crippen LogP contribution in [0.4, 0.5) is 11.4 Å². The summed E-state index contributed by atoms with van der Waals surface area (Å²) in [6.45, 7) is 7.38. The molecule has 1 aliphatic carbocycles. The highest BCUT2D eigenvalue weighted by molar-refractivity contribution is 6.40. The van der Waals surface area contributed by atoms with Gasteiger partial charge in [0.05, 0.1) is 53.9 Å². The number of unbranched alkanes of at least 4 members (excludes halogenated alkanes) is 2. The molecular weight excluding hydrogens is 608 g/mol. The van der Waals surface area contributed by atoms with Crippen molar-refractivity contribution in [1.29, 1.82) is 0 Å². The Morgan fingerprint density at radius 2 is 1.46 bits per heavy atom. The first-order valence-corrected chi connectivity index (χ1v) is 17.0. The normalized spacial score (nSPS) is 16.7. The minimum Gasteiger partial charge on any atom is -0.504 e. The fourth-order valence-corrected chi connectivity index (χ4v) is 8.78. The number of fused-ring (bicyclic) bond motifs is 4. The standard InChI is InChI=1S/C39H42N2O7/c1-6-8-10-39(11-9-7-2)17-40-35-22-12-18(3)25(19(4)44)34-33-28(22)31-26(20(15-42)13-23(45)29(31)36(35)41-39)27-21(16-43)14-24(46)30(32(27)33)37(47)38(34)48-5/h12-14,25,40-43,47H,6-11,15-17H2,1-5H3. The number of hydrogen-bond acceptors (Lipinski definition) is 9. The van der Waals surface area contributed by atoms with Crippen LogP contribution < -0.4 is 26.2 Å². The lowest BCUT2D eigenvalue weighted by molar-refractivity contribution is -0.117. The molecule has 1 atom stereocenters. The molecule has 5 aromatic rings. The van der Waals surface area contributed by atoms with Gasteiger partial charge in [-0.15, -0.1) is 0 Å². The number of aliphatic hydroxyl groups is 2. The Kier molecular flexibility index (Phi) is 7.75. The summed E-state index contributed by atoms with van der Waals surface area (Å²) in [7, 11) is 1.40. The van der Waals surface area contributed by atoms with Crippen molar-refractivity contribution in [3.8, 4) is 11.5 Å². The maximum atomic E-state index is 14.4. The first-order valence-electron chi connectivity index (χ1n) is 17.0. The summed E-state index contributed by atoms with van der Waals surface area (Å²) in [5, 5.41) is 44.4. The summed E-state index contributed by atoms with van der Waals surface area (Å²) in [4.78, 5) is 41.8. The molecular formula is C39H42N2O7. The Morgan fingerprint density at radius 3 is 2.00 bits per heavy atom. The van der Waals surface area contributed by atoms with Gasteiger partial charge >= 0.3 is 0 Å². The second kappa shape index (κ2) is 11.6. The second-order valence-electron chi connectivity index (χ2n) is 13.7. The summed E-state index contributed by atoms with van der Waals surface area (Å²) in [5.41, 5.74) is 2.88. The minimum absolute atomic E-state index is 0.00134. The van der Waals surface area contributed by atoms with Gasteiger partial charge in [-0.3, -0.25) is 14.4 Å². The van der Waals surface area contributed by atoms with E-state index in [0.717, 1.165) is 49.8 Å². The van der Waals surface area contributed by atoms with E-state index >= 15 is 0 Å². The van der Waals surface area contributed by atoms with Gasteiger partial charge in [0.2, 0.25) is 0 Å². The van der Waals surface area contributed by atoms with Gasteiger partial charge in [0.15, 0.2) is 22.4 Å². The zero-order valence-electron chi connectivity index (χ0n) is 28.1. The number of phenols is 1. The Hall–Kier alpha value is -4.47. The zero-order valence-corrected chi connectivity index (χ0v) is 28.1. The number of ketones is 1. The van der Waals surface area contributed by atoms with Crippen molar-refractivity contribution in [2.75, 3.05) is 24.3 Å². The van der Waals surface area contributed by atoms with Crippen molar-refractivity contribution >= 4 is 66.3 Å². The van der Waals surface area contributed by atoms with Gasteiger partial charge in [0.25, 0.3) is 0 Å². The number of methoxy groups -OCH3 is 1. The fraction of sp³-hybridized carbons (Fsp3) is 0.410. The molecule has 0 fully saturated rings. The number of hydrogen-bond donors (Lipinski definition) is 5. The van der Waals surface area contributed by atoms with Crippen LogP contribution in [0.3, 0.4) is 0 Å². The van der Waals surface area contributed by atoms with Gasteiger partial charge in [-0.2, -0.15) is 0 Å². The van der Waals surface area contributed by atoms with Crippen LogP contribution in [-0.4, -0.2) is 40.3 Å². The minimum atomic E-state index is -0.830. The molecule has 0 radical (unpaired) electrons. The first-order chi connectivity index (χ1) is 23.1. The van der Waals surface area contributed by atoms with E-state index in [-0.39, 0.29) is 33.6 Å². The van der Waals surface area contributed by atoms with Crippen LogP contribution in [0.2, 0.25) is 0 Å². The molecule has 0 saturated carbocycles.